The number of ether oxygens (including phenoxy) is 1. The minimum absolute atomic E-state index is 0.0597. The van der Waals surface area contributed by atoms with E-state index < -0.39 is 0 Å². The fourth-order valence-corrected chi connectivity index (χ4v) is 2.63. The number of pyridine rings is 1. The van der Waals surface area contributed by atoms with Crippen molar-refractivity contribution < 1.29 is 4.74 Å². The van der Waals surface area contributed by atoms with Gasteiger partial charge in [0, 0.05) is 23.3 Å². The van der Waals surface area contributed by atoms with Gasteiger partial charge in [0.25, 0.3) is 5.56 Å². The minimum Gasteiger partial charge on any atom is -0.497 e. The zero-order chi connectivity index (χ0) is 18.0. The molecular weight excluding hydrogens is 318 g/mol. The number of hydrogen-bond donors (Lipinski definition) is 1. The first-order valence-corrected chi connectivity index (χ1v) is 7.97. The first-order chi connectivity index (χ1) is 12.0. The molecule has 0 aliphatic carbocycles. The SMILES string of the molecule is COc1cccc(-c2[nH]c(=O)ccc2-c2ccc(=O)n(C(C)C)n2)c1. The van der Waals surface area contributed by atoms with Crippen LogP contribution in [0.1, 0.15) is 19.9 Å². The molecule has 25 heavy (non-hydrogen) atoms. The number of nitrogens with zero attached hydrogens (tertiary/aromatic N) is 2. The normalized spacial score (nSPS) is 10.9. The lowest BCUT2D eigenvalue weighted by atomic mass is 10.0. The zero-order valence-electron chi connectivity index (χ0n) is 14.3. The number of benzene rings is 1. The lowest BCUT2D eigenvalue weighted by molar-refractivity contribution is 0.415. The molecule has 1 aromatic carbocycles. The predicted molar refractivity (Wildman–Crippen MR) is 96.9 cm³/mol. The summed E-state index contributed by atoms with van der Waals surface area (Å²) in [6.45, 7) is 3.79. The summed E-state index contributed by atoms with van der Waals surface area (Å²) in [6, 6.07) is 13.7. The second-order valence-electron chi connectivity index (χ2n) is 5.94. The van der Waals surface area contributed by atoms with E-state index in [9.17, 15) is 9.59 Å². The Balaban J connectivity index is 2.23. The zero-order valence-corrected chi connectivity index (χ0v) is 14.3. The van der Waals surface area contributed by atoms with Crippen molar-refractivity contribution in [3.63, 3.8) is 0 Å². The summed E-state index contributed by atoms with van der Waals surface area (Å²) >= 11 is 0. The molecule has 0 spiro atoms. The van der Waals surface area contributed by atoms with Gasteiger partial charge >= 0.3 is 0 Å². The van der Waals surface area contributed by atoms with Gasteiger partial charge in [-0.15, -0.1) is 0 Å². The summed E-state index contributed by atoms with van der Waals surface area (Å²) in [5.41, 5.74) is 2.42. The number of aromatic nitrogens is 3. The van der Waals surface area contributed by atoms with E-state index in [-0.39, 0.29) is 17.2 Å². The van der Waals surface area contributed by atoms with Gasteiger partial charge in [0.15, 0.2) is 0 Å². The van der Waals surface area contributed by atoms with Crippen LogP contribution in [0.25, 0.3) is 22.5 Å². The Hall–Kier alpha value is -3.15. The molecule has 0 fully saturated rings. The third-order valence-electron chi connectivity index (χ3n) is 3.87. The predicted octanol–water partition coefficient (Wildman–Crippen LogP) is 2.86. The van der Waals surface area contributed by atoms with Crippen molar-refractivity contribution in [1.82, 2.24) is 14.8 Å². The third kappa shape index (κ3) is 3.38. The maximum absolute atomic E-state index is 12.0. The lowest BCUT2D eigenvalue weighted by Crippen LogP contribution is -2.24. The van der Waals surface area contributed by atoms with E-state index >= 15 is 0 Å². The van der Waals surface area contributed by atoms with Gasteiger partial charge < -0.3 is 9.72 Å². The van der Waals surface area contributed by atoms with Crippen molar-refractivity contribution in [1.29, 1.82) is 0 Å². The molecule has 128 valence electrons. The van der Waals surface area contributed by atoms with Crippen LogP contribution in [0.5, 0.6) is 5.75 Å². The van der Waals surface area contributed by atoms with Gasteiger partial charge in [-0.25, -0.2) is 4.68 Å². The van der Waals surface area contributed by atoms with Crippen LogP contribution in [0, 0.1) is 0 Å². The van der Waals surface area contributed by atoms with Gasteiger partial charge in [0.1, 0.15) is 5.75 Å². The number of methoxy groups -OCH3 is 1. The highest BCUT2D eigenvalue weighted by molar-refractivity contribution is 5.79. The number of nitrogens with one attached hydrogen (secondary N) is 1. The Kier molecular flexibility index (Phi) is 4.52. The second kappa shape index (κ2) is 6.76. The van der Waals surface area contributed by atoms with E-state index in [4.69, 9.17) is 4.74 Å². The van der Waals surface area contributed by atoms with E-state index in [1.807, 2.05) is 38.1 Å². The highest BCUT2D eigenvalue weighted by Gasteiger charge is 2.13. The largest absolute Gasteiger partial charge is 0.497 e. The molecule has 0 atom stereocenters. The van der Waals surface area contributed by atoms with Crippen LogP contribution in [-0.4, -0.2) is 21.9 Å². The van der Waals surface area contributed by atoms with Crippen molar-refractivity contribution >= 4 is 0 Å². The Bertz CT molecular complexity index is 1020. The van der Waals surface area contributed by atoms with E-state index in [2.05, 4.69) is 10.1 Å². The molecule has 0 saturated heterocycles. The summed E-state index contributed by atoms with van der Waals surface area (Å²) < 4.78 is 6.69. The number of hydrogen-bond acceptors (Lipinski definition) is 4. The molecule has 1 N–H and O–H groups in total. The summed E-state index contributed by atoms with van der Waals surface area (Å²) in [5.74, 6) is 0.688. The summed E-state index contributed by atoms with van der Waals surface area (Å²) in [4.78, 5) is 26.7. The van der Waals surface area contributed by atoms with E-state index in [0.717, 1.165) is 11.1 Å². The van der Waals surface area contributed by atoms with Gasteiger partial charge in [-0.2, -0.15) is 5.10 Å². The van der Waals surface area contributed by atoms with Crippen LogP contribution in [0.3, 0.4) is 0 Å². The van der Waals surface area contributed by atoms with E-state index in [1.54, 1.807) is 19.2 Å². The fourth-order valence-electron chi connectivity index (χ4n) is 2.63. The van der Waals surface area contributed by atoms with Gasteiger partial charge in [0.2, 0.25) is 5.56 Å². The molecule has 0 radical (unpaired) electrons. The molecule has 3 rings (SSSR count). The van der Waals surface area contributed by atoms with Crippen LogP contribution < -0.4 is 15.9 Å². The van der Waals surface area contributed by atoms with Crippen molar-refractivity contribution in [2.24, 2.45) is 0 Å². The molecule has 0 aliphatic rings. The molecule has 0 aliphatic heterocycles. The molecule has 2 heterocycles. The molecule has 0 saturated carbocycles. The molecule has 6 heteroatoms. The number of aromatic amines is 1. The molecular formula is C19H19N3O3. The molecule has 0 bridgehead atoms. The fraction of sp³-hybridized carbons (Fsp3) is 0.211. The summed E-state index contributed by atoms with van der Waals surface area (Å²) in [5, 5.41) is 4.45. The standard InChI is InChI=1S/C19H19N3O3/c1-12(2)22-18(24)10-8-16(21-22)15-7-9-17(23)20-19(15)13-5-4-6-14(11-13)25-3/h4-12H,1-3H3,(H,20,23). The number of H-pyrrole nitrogens is 1. The van der Waals surface area contributed by atoms with Crippen LogP contribution in [0.4, 0.5) is 0 Å². The van der Waals surface area contributed by atoms with Crippen molar-refractivity contribution in [2.75, 3.05) is 7.11 Å². The summed E-state index contributed by atoms with van der Waals surface area (Å²) in [6.07, 6.45) is 0. The second-order valence-corrected chi connectivity index (χ2v) is 5.94. The van der Waals surface area contributed by atoms with Gasteiger partial charge in [-0.3, -0.25) is 9.59 Å². The summed E-state index contributed by atoms with van der Waals surface area (Å²) in [7, 11) is 1.59. The first-order valence-electron chi connectivity index (χ1n) is 7.97. The topological polar surface area (TPSA) is 77.0 Å². The molecule has 6 nitrogen and oxygen atoms in total. The highest BCUT2D eigenvalue weighted by atomic mass is 16.5. The molecule has 3 aromatic rings. The third-order valence-corrected chi connectivity index (χ3v) is 3.87. The van der Waals surface area contributed by atoms with Gasteiger partial charge in [-0.1, -0.05) is 12.1 Å². The molecule has 0 amide bonds. The van der Waals surface area contributed by atoms with Crippen LogP contribution in [-0.2, 0) is 0 Å². The van der Waals surface area contributed by atoms with E-state index in [0.29, 0.717) is 17.1 Å². The monoisotopic (exact) mass is 337 g/mol. The van der Waals surface area contributed by atoms with Gasteiger partial charge in [-0.05, 0) is 38.1 Å². The number of rotatable bonds is 4. The van der Waals surface area contributed by atoms with E-state index in [1.165, 1.54) is 16.8 Å². The Morgan fingerprint density at radius 3 is 2.60 bits per heavy atom. The minimum atomic E-state index is -0.209. The van der Waals surface area contributed by atoms with Crippen molar-refractivity contribution in [3.8, 4) is 28.3 Å². The average molecular weight is 337 g/mol. The quantitative estimate of drug-likeness (QED) is 0.794. The average Bonchev–Trinajstić information content (AvgIpc) is 2.62. The first kappa shape index (κ1) is 16.7. The lowest BCUT2D eigenvalue weighted by Gasteiger charge is -2.13. The van der Waals surface area contributed by atoms with Gasteiger partial charge in [0.05, 0.1) is 24.5 Å². The maximum Gasteiger partial charge on any atom is 0.267 e. The van der Waals surface area contributed by atoms with Crippen molar-refractivity contribution in [3.05, 3.63) is 69.2 Å². The Morgan fingerprint density at radius 1 is 1.08 bits per heavy atom. The Morgan fingerprint density at radius 2 is 1.88 bits per heavy atom. The van der Waals surface area contributed by atoms with Crippen LogP contribution >= 0.6 is 0 Å². The maximum atomic E-state index is 12.0. The Labute approximate surface area is 144 Å². The highest BCUT2D eigenvalue weighted by Crippen LogP contribution is 2.29. The van der Waals surface area contributed by atoms with Crippen LogP contribution in [0.15, 0.2) is 58.1 Å². The molecule has 0 unspecified atom stereocenters. The molecule has 2 aromatic heterocycles. The van der Waals surface area contributed by atoms with Crippen LogP contribution in [0.2, 0.25) is 0 Å². The smallest absolute Gasteiger partial charge is 0.267 e. The van der Waals surface area contributed by atoms with Crippen molar-refractivity contribution in [2.45, 2.75) is 19.9 Å².